The van der Waals surface area contributed by atoms with Gasteiger partial charge in [0.15, 0.2) is 0 Å². The van der Waals surface area contributed by atoms with E-state index < -0.39 is 0 Å². The van der Waals surface area contributed by atoms with Gasteiger partial charge >= 0.3 is 0 Å². The molecular weight excluding hydrogens is 188 g/mol. The standard InChI is InChI=1S/C11H20N4/c1-8(2)9-7-10(14(3)4)13-11(12-9)15(5)6/h7-8H,1-6H3. The molecule has 0 aliphatic heterocycles. The molecule has 0 aliphatic carbocycles. The third-order valence-electron chi connectivity index (χ3n) is 2.17. The zero-order chi connectivity index (χ0) is 11.6. The summed E-state index contributed by atoms with van der Waals surface area (Å²) in [6.07, 6.45) is 0. The van der Waals surface area contributed by atoms with E-state index in [2.05, 4.69) is 23.8 Å². The van der Waals surface area contributed by atoms with E-state index in [-0.39, 0.29) is 0 Å². The van der Waals surface area contributed by atoms with Gasteiger partial charge < -0.3 is 9.80 Å². The summed E-state index contributed by atoms with van der Waals surface area (Å²) < 4.78 is 0. The lowest BCUT2D eigenvalue weighted by atomic mass is 10.1. The normalized spacial score (nSPS) is 10.6. The van der Waals surface area contributed by atoms with E-state index in [0.717, 1.165) is 17.5 Å². The molecule has 0 saturated carbocycles. The maximum atomic E-state index is 4.50. The first kappa shape index (κ1) is 11.8. The van der Waals surface area contributed by atoms with Crippen molar-refractivity contribution in [2.24, 2.45) is 0 Å². The fourth-order valence-corrected chi connectivity index (χ4v) is 1.16. The molecule has 84 valence electrons. The molecule has 0 aliphatic rings. The summed E-state index contributed by atoms with van der Waals surface area (Å²) in [4.78, 5) is 12.9. The minimum Gasteiger partial charge on any atom is -0.363 e. The lowest BCUT2D eigenvalue weighted by Gasteiger charge is -2.18. The van der Waals surface area contributed by atoms with Gasteiger partial charge in [-0.2, -0.15) is 4.98 Å². The van der Waals surface area contributed by atoms with Crippen molar-refractivity contribution in [3.05, 3.63) is 11.8 Å². The quantitative estimate of drug-likeness (QED) is 0.757. The number of hydrogen-bond acceptors (Lipinski definition) is 4. The van der Waals surface area contributed by atoms with Crippen LogP contribution in [0, 0.1) is 0 Å². The predicted octanol–water partition coefficient (Wildman–Crippen LogP) is 1.73. The van der Waals surface area contributed by atoms with Crippen LogP contribution < -0.4 is 9.80 Å². The summed E-state index contributed by atoms with van der Waals surface area (Å²) in [6, 6.07) is 2.04. The van der Waals surface area contributed by atoms with Crippen molar-refractivity contribution in [3.8, 4) is 0 Å². The van der Waals surface area contributed by atoms with Crippen LogP contribution in [0.25, 0.3) is 0 Å². The van der Waals surface area contributed by atoms with Gasteiger partial charge in [0, 0.05) is 34.3 Å². The SMILES string of the molecule is CC(C)c1cc(N(C)C)nc(N(C)C)n1. The van der Waals surface area contributed by atoms with Crippen LogP contribution in [0.4, 0.5) is 11.8 Å². The summed E-state index contributed by atoms with van der Waals surface area (Å²) in [5.74, 6) is 2.15. The zero-order valence-corrected chi connectivity index (χ0v) is 10.4. The second kappa shape index (κ2) is 4.47. The van der Waals surface area contributed by atoms with Crippen molar-refractivity contribution < 1.29 is 0 Å². The third kappa shape index (κ3) is 2.81. The molecule has 1 rings (SSSR count). The molecule has 0 bridgehead atoms. The number of anilines is 2. The first-order chi connectivity index (χ1) is 6.91. The molecule has 0 saturated heterocycles. The summed E-state index contributed by atoms with van der Waals surface area (Å²) in [7, 11) is 7.90. The smallest absolute Gasteiger partial charge is 0.227 e. The molecule has 1 aromatic heterocycles. The number of aromatic nitrogens is 2. The van der Waals surface area contributed by atoms with Crippen LogP contribution in [0.15, 0.2) is 6.07 Å². The Morgan fingerprint density at radius 1 is 1.00 bits per heavy atom. The van der Waals surface area contributed by atoms with Gasteiger partial charge in [-0.25, -0.2) is 4.98 Å². The molecule has 4 nitrogen and oxygen atoms in total. The Morgan fingerprint density at radius 2 is 1.60 bits per heavy atom. The van der Waals surface area contributed by atoms with Crippen molar-refractivity contribution in [2.45, 2.75) is 19.8 Å². The average molecular weight is 208 g/mol. The van der Waals surface area contributed by atoms with Crippen molar-refractivity contribution >= 4 is 11.8 Å². The third-order valence-corrected chi connectivity index (χ3v) is 2.17. The fraction of sp³-hybridized carbons (Fsp3) is 0.636. The number of nitrogens with zero attached hydrogens (tertiary/aromatic N) is 4. The lowest BCUT2D eigenvalue weighted by molar-refractivity contribution is 0.803. The molecule has 0 aromatic carbocycles. The molecule has 1 aromatic rings. The van der Waals surface area contributed by atoms with Gasteiger partial charge in [0.1, 0.15) is 5.82 Å². The van der Waals surface area contributed by atoms with Crippen LogP contribution in [0.3, 0.4) is 0 Å². The number of rotatable bonds is 3. The summed E-state index contributed by atoms with van der Waals surface area (Å²) in [6.45, 7) is 4.28. The second-order valence-electron chi connectivity index (χ2n) is 4.39. The van der Waals surface area contributed by atoms with Crippen LogP contribution in [-0.4, -0.2) is 38.2 Å². The molecule has 0 atom stereocenters. The molecule has 0 unspecified atom stereocenters. The molecule has 0 spiro atoms. The number of hydrogen-bond donors (Lipinski definition) is 0. The Hall–Kier alpha value is -1.32. The van der Waals surface area contributed by atoms with Gasteiger partial charge in [-0.05, 0) is 5.92 Å². The maximum Gasteiger partial charge on any atom is 0.227 e. The molecule has 0 N–H and O–H groups in total. The summed E-state index contributed by atoms with van der Waals surface area (Å²) in [5.41, 5.74) is 1.08. The van der Waals surface area contributed by atoms with Gasteiger partial charge in [0.2, 0.25) is 5.95 Å². The van der Waals surface area contributed by atoms with Crippen LogP contribution in [0.2, 0.25) is 0 Å². The van der Waals surface area contributed by atoms with E-state index in [1.54, 1.807) is 0 Å². The van der Waals surface area contributed by atoms with E-state index in [4.69, 9.17) is 0 Å². The van der Waals surface area contributed by atoms with Gasteiger partial charge in [0.25, 0.3) is 0 Å². The van der Waals surface area contributed by atoms with Crippen LogP contribution in [-0.2, 0) is 0 Å². The first-order valence-electron chi connectivity index (χ1n) is 5.15. The topological polar surface area (TPSA) is 32.3 Å². The lowest BCUT2D eigenvalue weighted by Crippen LogP contribution is -2.18. The van der Waals surface area contributed by atoms with Crippen LogP contribution >= 0.6 is 0 Å². The van der Waals surface area contributed by atoms with Crippen molar-refractivity contribution in [1.82, 2.24) is 9.97 Å². The summed E-state index contributed by atoms with van der Waals surface area (Å²) in [5, 5.41) is 0. The van der Waals surface area contributed by atoms with Crippen LogP contribution in [0.5, 0.6) is 0 Å². The maximum absolute atomic E-state index is 4.50. The van der Waals surface area contributed by atoms with Crippen molar-refractivity contribution in [2.75, 3.05) is 38.0 Å². The minimum absolute atomic E-state index is 0.422. The van der Waals surface area contributed by atoms with E-state index >= 15 is 0 Å². The molecule has 1 heterocycles. The average Bonchev–Trinajstić information content (AvgIpc) is 2.16. The highest BCUT2D eigenvalue weighted by Gasteiger charge is 2.09. The highest BCUT2D eigenvalue weighted by Crippen LogP contribution is 2.19. The molecule has 0 radical (unpaired) electrons. The Balaban J connectivity index is 3.20. The second-order valence-corrected chi connectivity index (χ2v) is 4.39. The monoisotopic (exact) mass is 208 g/mol. The molecular formula is C11H20N4. The molecule has 4 heteroatoms. The minimum atomic E-state index is 0.422. The van der Waals surface area contributed by atoms with E-state index in [0.29, 0.717) is 5.92 Å². The van der Waals surface area contributed by atoms with E-state index in [1.807, 2.05) is 44.1 Å². The first-order valence-corrected chi connectivity index (χ1v) is 5.15. The van der Waals surface area contributed by atoms with E-state index in [1.165, 1.54) is 0 Å². The molecule has 0 fully saturated rings. The molecule has 0 amide bonds. The predicted molar refractivity (Wildman–Crippen MR) is 64.8 cm³/mol. The Kier molecular flexibility index (Phi) is 3.50. The van der Waals surface area contributed by atoms with E-state index in [9.17, 15) is 0 Å². The van der Waals surface area contributed by atoms with Crippen molar-refractivity contribution in [1.29, 1.82) is 0 Å². The van der Waals surface area contributed by atoms with Gasteiger partial charge in [-0.3, -0.25) is 0 Å². The highest BCUT2D eigenvalue weighted by molar-refractivity contribution is 5.44. The summed E-state index contributed by atoms with van der Waals surface area (Å²) >= 11 is 0. The largest absolute Gasteiger partial charge is 0.363 e. The highest BCUT2D eigenvalue weighted by atomic mass is 15.3. The van der Waals surface area contributed by atoms with Crippen molar-refractivity contribution in [3.63, 3.8) is 0 Å². The van der Waals surface area contributed by atoms with Gasteiger partial charge in [0.05, 0.1) is 5.69 Å². The fourth-order valence-electron chi connectivity index (χ4n) is 1.16. The van der Waals surface area contributed by atoms with Gasteiger partial charge in [-0.15, -0.1) is 0 Å². The van der Waals surface area contributed by atoms with Gasteiger partial charge in [-0.1, -0.05) is 13.8 Å². The Labute approximate surface area is 91.9 Å². The Bertz CT molecular complexity index is 267. The molecule has 15 heavy (non-hydrogen) atoms. The zero-order valence-electron chi connectivity index (χ0n) is 10.4. The van der Waals surface area contributed by atoms with Crippen LogP contribution in [0.1, 0.15) is 25.5 Å². The Morgan fingerprint density at radius 3 is 2.00 bits per heavy atom.